The van der Waals surface area contributed by atoms with Crippen LogP contribution in [0.4, 0.5) is 5.69 Å². The first-order chi connectivity index (χ1) is 8.30. The number of hydrogen-bond donors (Lipinski definition) is 1. The van der Waals surface area contributed by atoms with Crippen molar-refractivity contribution in [1.29, 1.82) is 0 Å². The highest BCUT2D eigenvalue weighted by atomic mass is 16.2. The van der Waals surface area contributed by atoms with Crippen LogP contribution in [0.5, 0.6) is 0 Å². The van der Waals surface area contributed by atoms with Crippen molar-refractivity contribution in [2.24, 2.45) is 16.7 Å². The molecule has 0 aromatic heterocycles. The van der Waals surface area contributed by atoms with Gasteiger partial charge in [0.05, 0.1) is 0 Å². The van der Waals surface area contributed by atoms with Crippen molar-refractivity contribution in [2.45, 2.75) is 27.7 Å². The molecule has 0 atom stereocenters. The van der Waals surface area contributed by atoms with Crippen molar-refractivity contribution >= 4 is 11.6 Å². The summed E-state index contributed by atoms with van der Waals surface area (Å²) in [5.41, 5.74) is 1.66. The zero-order valence-electron chi connectivity index (χ0n) is 11.4. The van der Waals surface area contributed by atoms with E-state index < -0.39 is 0 Å². The summed E-state index contributed by atoms with van der Waals surface area (Å²) in [7, 11) is 0. The Morgan fingerprint density at radius 1 is 1.28 bits per heavy atom. The van der Waals surface area contributed by atoms with Crippen molar-refractivity contribution in [3.05, 3.63) is 29.8 Å². The molecule has 1 aromatic rings. The maximum Gasteiger partial charge on any atom is 0.228 e. The van der Waals surface area contributed by atoms with Gasteiger partial charge in [-0.1, -0.05) is 39.7 Å². The SMILES string of the molecule is C#Cc1cccc(NC(=O)C2C(C)(C)C2(C)C)c1. The van der Waals surface area contributed by atoms with Gasteiger partial charge >= 0.3 is 0 Å². The summed E-state index contributed by atoms with van der Waals surface area (Å²) in [5, 5.41) is 2.96. The molecule has 1 amide bonds. The van der Waals surface area contributed by atoms with Crippen molar-refractivity contribution in [1.82, 2.24) is 0 Å². The lowest BCUT2D eigenvalue weighted by atomic mass is 10.0. The van der Waals surface area contributed by atoms with E-state index in [4.69, 9.17) is 6.42 Å². The molecule has 18 heavy (non-hydrogen) atoms. The van der Waals surface area contributed by atoms with E-state index in [1.54, 1.807) is 0 Å². The highest BCUT2D eigenvalue weighted by molar-refractivity contribution is 5.96. The molecule has 94 valence electrons. The Balaban J connectivity index is 2.12. The van der Waals surface area contributed by atoms with E-state index in [1.165, 1.54) is 0 Å². The van der Waals surface area contributed by atoms with Gasteiger partial charge < -0.3 is 5.32 Å². The summed E-state index contributed by atoms with van der Waals surface area (Å²) in [5.74, 6) is 2.70. The number of carbonyl (C=O) groups excluding carboxylic acids is 1. The summed E-state index contributed by atoms with van der Waals surface area (Å²) in [4.78, 5) is 12.2. The number of terminal acetylenes is 1. The van der Waals surface area contributed by atoms with Gasteiger partial charge in [0.25, 0.3) is 0 Å². The Morgan fingerprint density at radius 2 is 1.89 bits per heavy atom. The Bertz CT molecular complexity index is 520. The molecule has 0 unspecified atom stereocenters. The molecule has 1 aliphatic rings. The van der Waals surface area contributed by atoms with Gasteiger partial charge in [0.2, 0.25) is 5.91 Å². The first-order valence-corrected chi connectivity index (χ1v) is 6.18. The number of nitrogens with one attached hydrogen (secondary N) is 1. The van der Waals surface area contributed by atoms with E-state index in [9.17, 15) is 4.79 Å². The second-order valence-electron chi connectivity index (χ2n) is 6.09. The fourth-order valence-corrected chi connectivity index (χ4v) is 2.75. The van der Waals surface area contributed by atoms with Crippen LogP contribution in [0.2, 0.25) is 0 Å². The van der Waals surface area contributed by atoms with Crippen LogP contribution in [-0.2, 0) is 4.79 Å². The van der Waals surface area contributed by atoms with Crippen molar-refractivity contribution in [3.63, 3.8) is 0 Å². The minimum absolute atomic E-state index is 0.0551. The number of amides is 1. The molecule has 0 bridgehead atoms. The average Bonchev–Trinajstić information content (AvgIpc) is 2.69. The molecule has 0 spiro atoms. The quantitative estimate of drug-likeness (QED) is 0.791. The van der Waals surface area contributed by atoms with E-state index in [-0.39, 0.29) is 22.7 Å². The maximum absolute atomic E-state index is 12.2. The lowest BCUT2D eigenvalue weighted by Crippen LogP contribution is -2.17. The second-order valence-corrected chi connectivity index (χ2v) is 6.09. The Labute approximate surface area is 109 Å². The largest absolute Gasteiger partial charge is 0.326 e. The maximum atomic E-state index is 12.2. The molecule has 0 aliphatic heterocycles. The topological polar surface area (TPSA) is 29.1 Å². The van der Waals surface area contributed by atoms with Crippen LogP contribution in [0, 0.1) is 29.1 Å². The third kappa shape index (κ3) is 1.80. The summed E-state index contributed by atoms with van der Waals surface area (Å²) in [6.45, 7) is 8.54. The van der Waals surface area contributed by atoms with Gasteiger partial charge in [0.1, 0.15) is 0 Å². The summed E-state index contributed by atoms with van der Waals surface area (Å²) < 4.78 is 0. The van der Waals surface area contributed by atoms with Crippen LogP contribution < -0.4 is 5.32 Å². The van der Waals surface area contributed by atoms with Gasteiger partial charge in [0.15, 0.2) is 0 Å². The van der Waals surface area contributed by atoms with Gasteiger partial charge in [-0.15, -0.1) is 6.42 Å². The van der Waals surface area contributed by atoms with Crippen LogP contribution in [-0.4, -0.2) is 5.91 Å². The molecule has 1 N–H and O–H groups in total. The highest BCUT2D eigenvalue weighted by Crippen LogP contribution is 2.68. The molecular weight excluding hydrogens is 222 g/mol. The van der Waals surface area contributed by atoms with Gasteiger partial charge in [-0.2, -0.15) is 0 Å². The molecule has 1 aliphatic carbocycles. The monoisotopic (exact) mass is 241 g/mol. The first kappa shape index (κ1) is 12.7. The molecule has 2 heteroatoms. The molecule has 2 nitrogen and oxygen atoms in total. The van der Waals surface area contributed by atoms with Crippen molar-refractivity contribution < 1.29 is 4.79 Å². The van der Waals surface area contributed by atoms with Crippen molar-refractivity contribution in [3.8, 4) is 12.3 Å². The number of benzene rings is 1. The first-order valence-electron chi connectivity index (χ1n) is 6.18. The van der Waals surface area contributed by atoms with E-state index in [0.717, 1.165) is 11.3 Å². The Kier molecular flexibility index (Phi) is 2.74. The van der Waals surface area contributed by atoms with Gasteiger partial charge in [-0.25, -0.2) is 0 Å². The molecule has 0 radical (unpaired) electrons. The molecule has 0 saturated heterocycles. The normalized spacial score (nSPS) is 19.9. The number of carbonyl (C=O) groups is 1. The standard InChI is InChI=1S/C16H19NO/c1-6-11-8-7-9-12(10-11)17-14(18)13-15(2,3)16(13,4)5/h1,7-10,13H,2-5H3,(H,17,18). The fourth-order valence-electron chi connectivity index (χ4n) is 2.75. The van der Waals surface area contributed by atoms with Gasteiger partial charge in [-0.3, -0.25) is 4.79 Å². The fraction of sp³-hybridized carbons (Fsp3) is 0.438. The smallest absolute Gasteiger partial charge is 0.228 e. The third-order valence-corrected chi connectivity index (χ3v) is 4.58. The van der Waals surface area contributed by atoms with Crippen LogP contribution in [0.15, 0.2) is 24.3 Å². The average molecular weight is 241 g/mol. The number of anilines is 1. The summed E-state index contributed by atoms with van der Waals surface area (Å²) in [6.07, 6.45) is 5.35. The lowest BCUT2D eigenvalue weighted by Gasteiger charge is -2.06. The highest BCUT2D eigenvalue weighted by Gasteiger charge is 2.68. The van der Waals surface area contributed by atoms with Gasteiger partial charge in [-0.05, 0) is 29.0 Å². The summed E-state index contributed by atoms with van der Waals surface area (Å²) >= 11 is 0. The zero-order chi connectivity index (χ0) is 13.6. The second kappa shape index (κ2) is 3.88. The molecule has 1 aromatic carbocycles. The van der Waals surface area contributed by atoms with Crippen molar-refractivity contribution in [2.75, 3.05) is 5.32 Å². The molecule has 2 rings (SSSR count). The molecule has 1 saturated carbocycles. The summed E-state index contributed by atoms with van der Waals surface area (Å²) in [6, 6.07) is 7.38. The minimum atomic E-state index is 0.0551. The predicted octanol–water partition coefficient (Wildman–Crippen LogP) is 3.29. The van der Waals surface area contributed by atoms with Crippen LogP contribution >= 0.6 is 0 Å². The van der Waals surface area contributed by atoms with Crippen LogP contribution in [0.1, 0.15) is 33.3 Å². The van der Waals surface area contributed by atoms with Crippen LogP contribution in [0.25, 0.3) is 0 Å². The third-order valence-electron chi connectivity index (χ3n) is 4.58. The molecule has 1 fully saturated rings. The number of hydrogen-bond acceptors (Lipinski definition) is 1. The molecular formula is C16H19NO. The Hall–Kier alpha value is -1.75. The van der Waals surface area contributed by atoms with E-state index >= 15 is 0 Å². The number of rotatable bonds is 2. The Morgan fingerprint density at radius 3 is 2.39 bits per heavy atom. The van der Waals surface area contributed by atoms with Crippen LogP contribution in [0.3, 0.4) is 0 Å². The zero-order valence-corrected chi connectivity index (χ0v) is 11.4. The minimum Gasteiger partial charge on any atom is -0.326 e. The molecule has 0 heterocycles. The van der Waals surface area contributed by atoms with Gasteiger partial charge in [0, 0.05) is 17.2 Å². The van der Waals surface area contributed by atoms with E-state index in [2.05, 4.69) is 38.9 Å². The lowest BCUT2D eigenvalue weighted by molar-refractivity contribution is -0.118. The van der Waals surface area contributed by atoms with E-state index in [1.807, 2.05) is 24.3 Å². The predicted molar refractivity (Wildman–Crippen MR) is 74.1 cm³/mol. The van der Waals surface area contributed by atoms with E-state index in [0.29, 0.717) is 0 Å².